The SMILES string of the molecule is Nc1ccc(Cl)cc1/C(=N/O)c1cccs1. The number of hydrogen-bond donors (Lipinski definition) is 2. The number of thiophene rings is 1. The predicted octanol–water partition coefficient (Wildman–Crippen LogP) is 3.21. The molecule has 5 heteroatoms. The molecule has 0 radical (unpaired) electrons. The molecule has 0 unspecified atom stereocenters. The quantitative estimate of drug-likeness (QED) is 0.373. The fraction of sp³-hybridized carbons (Fsp3) is 0. The van der Waals surface area contributed by atoms with Crippen LogP contribution in [0.1, 0.15) is 10.4 Å². The summed E-state index contributed by atoms with van der Waals surface area (Å²) in [6, 6.07) is 8.82. The Morgan fingerprint density at radius 1 is 1.38 bits per heavy atom. The molecule has 0 aliphatic rings. The lowest BCUT2D eigenvalue weighted by Gasteiger charge is -2.06. The molecule has 0 bridgehead atoms. The van der Waals surface area contributed by atoms with Gasteiger partial charge in [0.2, 0.25) is 0 Å². The van der Waals surface area contributed by atoms with Gasteiger partial charge in [0, 0.05) is 16.3 Å². The summed E-state index contributed by atoms with van der Waals surface area (Å²) >= 11 is 7.37. The van der Waals surface area contributed by atoms with Crippen LogP contribution in [0.3, 0.4) is 0 Å². The molecule has 82 valence electrons. The van der Waals surface area contributed by atoms with Crippen LogP contribution in [0.4, 0.5) is 5.69 Å². The fourth-order valence-corrected chi connectivity index (χ4v) is 2.28. The third kappa shape index (κ3) is 2.03. The van der Waals surface area contributed by atoms with Crippen LogP contribution in [0.15, 0.2) is 40.9 Å². The van der Waals surface area contributed by atoms with Crippen LogP contribution in [0.25, 0.3) is 0 Å². The van der Waals surface area contributed by atoms with E-state index in [9.17, 15) is 0 Å². The molecule has 1 heterocycles. The highest BCUT2D eigenvalue weighted by Crippen LogP contribution is 2.23. The lowest BCUT2D eigenvalue weighted by Crippen LogP contribution is -2.05. The van der Waals surface area contributed by atoms with E-state index in [4.69, 9.17) is 22.5 Å². The van der Waals surface area contributed by atoms with Gasteiger partial charge in [-0.3, -0.25) is 0 Å². The van der Waals surface area contributed by atoms with Crippen molar-refractivity contribution in [1.82, 2.24) is 0 Å². The van der Waals surface area contributed by atoms with Crippen LogP contribution < -0.4 is 5.73 Å². The highest BCUT2D eigenvalue weighted by molar-refractivity contribution is 7.12. The predicted molar refractivity (Wildman–Crippen MR) is 67.6 cm³/mol. The van der Waals surface area contributed by atoms with Crippen LogP contribution in [0.5, 0.6) is 0 Å². The van der Waals surface area contributed by atoms with Gasteiger partial charge in [0.05, 0.1) is 4.88 Å². The van der Waals surface area contributed by atoms with Gasteiger partial charge < -0.3 is 10.9 Å². The van der Waals surface area contributed by atoms with Crippen molar-refractivity contribution in [2.75, 3.05) is 5.73 Å². The third-order valence-corrected chi connectivity index (χ3v) is 3.24. The van der Waals surface area contributed by atoms with Crippen LogP contribution in [0.2, 0.25) is 5.02 Å². The van der Waals surface area contributed by atoms with E-state index in [1.165, 1.54) is 11.3 Å². The number of hydrogen-bond acceptors (Lipinski definition) is 4. The van der Waals surface area contributed by atoms with Gasteiger partial charge >= 0.3 is 0 Å². The van der Waals surface area contributed by atoms with Crippen molar-refractivity contribution in [2.24, 2.45) is 5.16 Å². The van der Waals surface area contributed by atoms with E-state index in [2.05, 4.69) is 5.16 Å². The Morgan fingerprint density at radius 3 is 2.81 bits per heavy atom. The van der Waals surface area contributed by atoms with Crippen molar-refractivity contribution in [3.8, 4) is 0 Å². The van der Waals surface area contributed by atoms with E-state index in [-0.39, 0.29) is 0 Å². The van der Waals surface area contributed by atoms with Gasteiger partial charge in [0.15, 0.2) is 0 Å². The van der Waals surface area contributed by atoms with Crippen molar-refractivity contribution in [3.05, 3.63) is 51.2 Å². The van der Waals surface area contributed by atoms with Crippen LogP contribution in [-0.2, 0) is 0 Å². The number of halogens is 1. The molecule has 0 atom stereocenters. The van der Waals surface area contributed by atoms with E-state index in [0.29, 0.717) is 22.0 Å². The summed E-state index contributed by atoms with van der Waals surface area (Å²) in [5, 5.41) is 14.8. The minimum Gasteiger partial charge on any atom is -0.410 e. The molecule has 0 aliphatic carbocycles. The highest BCUT2D eigenvalue weighted by atomic mass is 35.5. The largest absolute Gasteiger partial charge is 0.410 e. The first-order valence-electron chi connectivity index (χ1n) is 4.53. The lowest BCUT2D eigenvalue weighted by atomic mass is 10.1. The second kappa shape index (κ2) is 4.55. The first-order valence-corrected chi connectivity index (χ1v) is 5.79. The molecule has 1 aromatic carbocycles. The first kappa shape index (κ1) is 11.0. The Morgan fingerprint density at radius 2 is 2.19 bits per heavy atom. The molecule has 0 spiro atoms. The molecular weight excluding hydrogens is 244 g/mol. The first-order chi connectivity index (χ1) is 7.72. The second-order valence-electron chi connectivity index (χ2n) is 3.16. The smallest absolute Gasteiger partial charge is 0.129 e. The summed E-state index contributed by atoms with van der Waals surface area (Å²) in [5.74, 6) is 0. The van der Waals surface area contributed by atoms with Crippen molar-refractivity contribution >= 4 is 34.3 Å². The molecule has 3 N–H and O–H groups in total. The average molecular weight is 253 g/mol. The van der Waals surface area contributed by atoms with E-state index in [1.807, 2.05) is 17.5 Å². The molecule has 0 saturated carbocycles. The zero-order valence-corrected chi connectivity index (χ0v) is 9.79. The zero-order chi connectivity index (χ0) is 11.5. The standard InChI is InChI=1S/C11H9ClN2OS/c12-7-3-4-9(13)8(6-7)11(14-15)10-2-1-5-16-10/h1-6,15H,13H2/b14-11-. The maximum atomic E-state index is 9.06. The molecule has 1 aromatic heterocycles. The average Bonchev–Trinajstić information content (AvgIpc) is 2.78. The maximum absolute atomic E-state index is 9.06. The molecule has 2 aromatic rings. The van der Waals surface area contributed by atoms with Gasteiger partial charge in [-0.1, -0.05) is 22.8 Å². The Labute approximate surface area is 102 Å². The van der Waals surface area contributed by atoms with Gasteiger partial charge in [-0.2, -0.15) is 0 Å². The molecule has 0 amide bonds. The van der Waals surface area contributed by atoms with Gasteiger partial charge in [0.1, 0.15) is 5.71 Å². The van der Waals surface area contributed by atoms with Gasteiger partial charge in [-0.05, 0) is 29.6 Å². The van der Waals surface area contributed by atoms with Gasteiger partial charge in [-0.25, -0.2) is 0 Å². The summed E-state index contributed by atoms with van der Waals surface area (Å²) in [7, 11) is 0. The van der Waals surface area contributed by atoms with Crippen LogP contribution in [0, 0.1) is 0 Å². The summed E-state index contributed by atoms with van der Waals surface area (Å²) < 4.78 is 0. The monoisotopic (exact) mass is 252 g/mol. The van der Waals surface area contributed by atoms with Crippen molar-refractivity contribution < 1.29 is 5.21 Å². The molecule has 3 nitrogen and oxygen atoms in total. The lowest BCUT2D eigenvalue weighted by molar-refractivity contribution is 0.320. The minimum absolute atomic E-state index is 0.440. The number of nitrogens with two attached hydrogens (primary N) is 1. The Kier molecular flexibility index (Phi) is 3.12. The van der Waals surface area contributed by atoms with Gasteiger partial charge in [0.25, 0.3) is 0 Å². The number of rotatable bonds is 2. The minimum atomic E-state index is 0.440. The molecular formula is C11H9ClN2OS. The number of benzene rings is 1. The highest BCUT2D eigenvalue weighted by Gasteiger charge is 2.12. The van der Waals surface area contributed by atoms with Crippen LogP contribution >= 0.6 is 22.9 Å². The Hall–Kier alpha value is -1.52. The summed E-state index contributed by atoms with van der Waals surface area (Å²) in [4.78, 5) is 0.844. The number of anilines is 1. The van der Waals surface area contributed by atoms with Gasteiger partial charge in [-0.15, -0.1) is 11.3 Å². The summed E-state index contributed by atoms with van der Waals surface area (Å²) in [5.41, 5.74) is 7.44. The van der Waals surface area contributed by atoms with E-state index >= 15 is 0 Å². The van der Waals surface area contributed by atoms with E-state index < -0.39 is 0 Å². The normalized spacial score (nSPS) is 11.7. The topological polar surface area (TPSA) is 58.6 Å². The molecule has 0 fully saturated rings. The van der Waals surface area contributed by atoms with Crippen molar-refractivity contribution in [3.63, 3.8) is 0 Å². The summed E-state index contributed by atoms with van der Waals surface area (Å²) in [6.07, 6.45) is 0. The molecule has 0 saturated heterocycles. The number of nitrogen functional groups attached to an aromatic ring is 1. The zero-order valence-electron chi connectivity index (χ0n) is 8.22. The maximum Gasteiger partial charge on any atom is 0.129 e. The molecule has 0 aliphatic heterocycles. The molecule has 16 heavy (non-hydrogen) atoms. The Bertz CT molecular complexity index is 523. The number of oxime groups is 1. The van der Waals surface area contributed by atoms with E-state index in [0.717, 1.165) is 4.88 Å². The van der Waals surface area contributed by atoms with E-state index in [1.54, 1.807) is 18.2 Å². The fourth-order valence-electron chi connectivity index (χ4n) is 1.38. The second-order valence-corrected chi connectivity index (χ2v) is 4.54. The van der Waals surface area contributed by atoms with Crippen molar-refractivity contribution in [1.29, 1.82) is 0 Å². The number of nitrogens with zero attached hydrogens (tertiary/aromatic N) is 1. The van der Waals surface area contributed by atoms with Crippen molar-refractivity contribution in [2.45, 2.75) is 0 Å². The van der Waals surface area contributed by atoms with Crippen LogP contribution in [-0.4, -0.2) is 10.9 Å². The third-order valence-electron chi connectivity index (χ3n) is 2.13. The Balaban J connectivity index is 2.54. The molecule has 2 rings (SSSR count). The summed E-state index contributed by atoms with van der Waals surface area (Å²) in [6.45, 7) is 0.